The van der Waals surface area contributed by atoms with Crippen LogP contribution in [0.5, 0.6) is 11.5 Å². The van der Waals surface area contributed by atoms with E-state index in [0.717, 1.165) is 0 Å². The summed E-state index contributed by atoms with van der Waals surface area (Å²) in [5, 5.41) is 20.4. The molecular weight excluding hydrogens is 280 g/mol. The van der Waals surface area contributed by atoms with Crippen LogP contribution in [-0.2, 0) is 4.79 Å². The first-order valence-electron chi connectivity index (χ1n) is 6.23. The van der Waals surface area contributed by atoms with E-state index in [9.17, 15) is 20.0 Å². The Morgan fingerprint density at radius 2 is 1.90 bits per heavy atom. The highest BCUT2D eigenvalue weighted by Crippen LogP contribution is 2.39. The Kier molecular flexibility index (Phi) is 5.34. The van der Waals surface area contributed by atoms with E-state index in [1.807, 2.05) is 0 Å². The Hall–Kier alpha value is -2.51. The van der Waals surface area contributed by atoms with Gasteiger partial charge in [0.2, 0.25) is 0 Å². The number of anilines is 1. The van der Waals surface area contributed by atoms with Gasteiger partial charge in [-0.05, 0) is 6.42 Å². The summed E-state index contributed by atoms with van der Waals surface area (Å²) in [6.07, 6.45) is 0.303. The number of nitrogens with zero attached hydrogens (tertiary/aromatic N) is 2. The second-order valence-corrected chi connectivity index (χ2v) is 4.33. The third-order valence-corrected chi connectivity index (χ3v) is 3.20. The Bertz CT molecular complexity index is 546. The maximum Gasteiger partial charge on any atom is 0.326 e. The lowest BCUT2D eigenvalue weighted by Crippen LogP contribution is -2.38. The van der Waals surface area contributed by atoms with Crippen molar-refractivity contribution in [3.05, 3.63) is 22.2 Å². The average molecular weight is 298 g/mol. The van der Waals surface area contributed by atoms with Gasteiger partial charge in [-0.25, -0.2) is 4.79 Å². The number of rotatable bonds is 7. The summed E-state index contributed by atoms with van der Waals surface area (Å²) >= 11 is 0. The summed E-state index contributed by atoms with van der Waals surface area (Å²) in [5.74, 6) is -0.543. The number of carbonyl (C=O) groups is 1. The Morgan fingerprint density at radius 3 is 2.29 bits per heavy atom. The molecule has 0 radical (unpaired) electrons. The van der Waals surface area contributed by atoms with E-state index in [-0.39, 0.29) is 17.1 Å². The van der Waals surface area contributed by atoms with Crippen molar-refractivity contribution in [2.75, 3.05) is 26.2 Å². The number of hydrogen-bond acceptors (Lipinski definition) is 6. The van der Waals surface area contributed by atoms with Gasteiger partial charge >= 0.3 is 5.97 Å². The molecule has 1 atom stereocenters. The van der Waals surface area contributed by atoms with Gasteiger partial charge in [0, 0.05) is 13.1 Å². The van der Waals surface area contributed by atoms with Crippen molar-refractivity contribution in [3.63, 3.8) is 0 Å². The number of benzene rings is 1. The van der Waals surface area contributed by atoms with E-state index in [1.165, 1.54) is 38.3 Å². The number of nitro groups is 1. The van der Waals surface area contributed by atoms with Crippen LogP contribution in [0.2, 0.25) is 0 Å². The van der Waals surface area contributed by atoms with Gasteiger partial charge in [-0.3, -0.25) is 10.1 Å². The number of likely N-dealkylation sites (N-methyl/N-ethyl adjacent to an activating group) is 1. The molecule has 0 bridgehead atoms. The summed E-state index contributed by atoms with van der Waals surface area (Å²) in [7, 11) is 4.27. The minimum absolute atomic E-state index is 0.159. The minimum atomic E-state index is -1.05. The molecule has 0 heterocycles. The zero-order valence-electron chi connectivity index (χ0n) is 12.3. The average Bonchev–Trinajstić information content (AvgIpc) is 2.45. The van der Waals surface area contributed by atoms with Crippen LogP contribution in [0.15, 0.2) is 12.1 Å². The number of ether oxygens (including phenoxy) is 2. The number of aliphatic carboxylic acids is 1. The molecule has 0 spiro atoms. The molecular formula is C13H18N2O6. The molecule has 0 amide bonds. The van der Waals surface area contributed by atoms with Gasteiger partial charge in [0.1, 0.15) is 11.7 Å². The van der Waals surface area contributed by atoms with Crippen molar-refractivity contribution >= 4 is 17.3 Å². The Balaban J connectivity index is 3.45. The number of hydrogen-bond donors (Lipinski definition) is 1. The second kappa shape index (κ2) is 6.78. The van der Waals surface area contributed by atoms with E-state index in [1.54, 1.807) is 6.92 Å². The largest absolute Gasteiger partial charge is 0.493 e. The molecule has 0 aliphatic carbocycles. The van der Waals surface area contributed by atoms with Gasteiger partial charge in [0.15, 0.2) is 11.5 Å². The topological polar surface area (TPSA) is 102 Å². The van der Waals surface area contributed by atoms with E-state index in [2.05, 4.69) is 0 Å². The summed E-state index contributed by atoms with van der Waals surface area (Å²) in [5.41, 5.74) is -0.0817. The van der Waals surface area contributed by atoms with Crippen LogP contribution < -0.4 is 14.4 Å². The Morgan fingerprint density at radius 1 is 1.38 bits per heavy atom. The molecule has 8 heteroatoms. The summed E-state index contributed by atoms with van der Waals surface area (Å²) in [6, 6.07) is 1.75. The number of carboxylic acids is 1. The lowest BCUT2D eigenvalue weighted by Gasteiger charge is -2.26. The van der Waals surface area contributed by atoms with Gasteiger partial charge in [-0.15, -0.1) is 0 Å². The molecule has 0 fully saturated rings. The first-order valence-corrected chi connectivity index (χ1v) is 6.23. The van der Waals surface area contributed by atoms with Crippen LogP contribution in [0.3, 0.4) is 0 Å². The monoisotopic (exact) mass is 298 g/mol. The Labute approximate surface area is 122 Å². The molecule has 0 aromatic heterocycles. The number of methoxy groups -OCH3 is 2. The highest BCUT2D eigenvalue weighted by Gasteiger charge is 2.28. The third-order valence-electron chi connectivity index (χ3n) is 3.20. The molecule has 8 nitrogen and oxygen atoms in total. The maximum absolute atomic E-state index is 11.2. The number of carboxylic acid groups (broad SMARTS) is 1. The third kappa shape index (κ3) is 3.33. The van der Waals surface area contributed by atoms with Crippen LogP contribution in [0, 0.1) is 10.1 Å². The van der Waals surface area contributed by atoms with Crippen molar-refractivity contribution in [1.82, 2.24) is 0 Å². The predicted molar refractivity (Wildman–Crippen MR) is 76.3 cm³/mol. The first kappa shape index (κ1) is 16.5. The molecule has 0 aliphatic heterocycles. The molecule has 1 rings (SSSR count). The fraction of sp³-hybridized carbons (Fsp3) is 0.462. The molecule has 1 aromatic rings. The summed E-state index contributed by atoms with van der Waals surface area (Å²) in [4.78, 5) is 23.2. The van der Waals surface area contributed by atoms with Crippen molar-refractivity contribution in [3.8, 4) is 11.5 Å². The highest BCUT2D eigenvalue weighted by atomic mass is 16.6. The molecule has 1 N–H and O–H groups in total. The van der Waals surface area contributed by atoms with E-state index >= 15 is 0 Å². The quantitative estimate of drug-likeness (QED) is 0.606. The zero-order valence-corrected chi connectivity index (χ0v) is 12.3. The maximum atomic E-state index is 11.2. The standard InChI is InChI=1S/C13H18N2O6/c1-5-8(13(16)17)14(2)9-6-11(20-3)12(21-4)7-10(9)15(18)19/h6-8H,5H2,1-4H3,(H,16,17). The molecule has 0 saturated heterocycles. The highest BCUT2D eigenvalue weighted by molar-refractivity contribution is 5.81. The van der Waals surface area contributed by atoms with Gasteiger partial charge in [0.05, 0.1) is 25.2 Å². The van der Waals surface area contributed by atoms with Gasteiger partial charge in [0.25, 0.3) is 5.69 Å². The fourth-order valence-electron chi connectivity index (χ4n) is 2.07. The van der Waals surface area contributed by atoms with E-state index < -0.39 is 16.9 Å². The molecule has 1 aromatic carbocycles. The smallest absolute Gasteiger partial charge is 0.326 e. The first-order chi connectivity index (χ1) is 9.87. The van der Waals surface area contributed by atoms with E-state index in [0.29, 0.717) is 12.2 Å². The van der Waals surface area contributed by atoms with Crippen LogP contribution in [0.25, 0.3) is 0 Å². The van der Waals surface area contributed by atoms with Crippen molar-refractivity contribution in [1.29, 1.82) is 0 Å². The SMILES string of the molecule is CCC(C(=O)O)N(C)c1cc(OC)c(OC)cc1[N+](=O)[O-]. The molecule has 116 valence electrons. The minimum Gasteiger partial charge on any atom is -0.493 e. The van der Waals surface area contributed by atoms with E-state index in [4.69, 9.17) is 9.47 Å². The summed E-state index contributed by atoms with van der Waals surface area (Å²) < 4.78 is 10.1. The molecule has 1 unspecified atom stereocenters. The molecule has 0 aliphatic rings. The van der Waals surface area contributed by atoms with Crippen LogP contribution >= 0.6 is 0 Å². The molecule has 21 heavy (non-hydrogen) atoms. The normalized spacial score (nSPS) is 11.6. The van der Waals surface area contributed by atoms with Crippen molar-refractivity contribution in [2.24, 2.45) is 0 Å². The number of nitro benzene ring substituents is 1. The van der Waals surface area contributed by atoms with Gasteiger partial charge in [-0.1, -0.05) is 6.92 Å². The zero-order chi connectivity index (χ0) is 16.2. The predicted octanol–water partition coefficient (Wildman–Crippen LogP) is 1.91. The lowest BCUT2D eigenvalue weighted by molar-refractivity contribution is -0.384. The van der Waals surface area contributed by atoms with Gasteiger partial charge < -0.3 is 19.5 Å². The fourth-order valence-corrected chi connectivity index (χ4v) is 2.07. The van der Waals surface area contributed by atoms with Crippen LogP contribution in [-0.4, -0.2) is 43.3 Å². The van der Waals surface area contributed by atoms with Crippen molar-refractivity contribution in [2.45, 2.75) is 19.4 Å². The van der Waals surface area contributed by atoms with Crippen molar-refractivity contribution < 1.29 is 24.3 Å². The second-order valence-electron chi connectivity index (χ2n) is 4.33. The van der Waals surface area contributed by atoms with Gasteiger partial charge in [-0.2, -0.15) is 0 Å². The van der Waals surface area contributed by atoms with Crippen LogP contribution in [0.1, 0.15) is 13.3 Å². The van der Waals surface area contributed by atoms with Crippen LogP contribution in [0.4, 0.5) is 11.4 Å². The lowest BCUT2D eigenvalue weighted by atomic mass is 10.1. The summed E-state index contributed by atoms with van der Waals surface area (Å²) in [6.45, 7) is 1.70. The molecule has 0 saturated carbocycles.